The van der Waals surface area contributed by atoms with Crippen LogP contribution in [-0.4, -0.2) is 34.6 Å². The molecule has 1 amide bonds. The van der Waals surface area contributed by atoms with E-state index in [9.17, 15) is 19.7 Å². The van der Waals surface area contributed by atoms with Crippen LogP contribution in [0.2, 0.25) is 0 Å². The fourth-order valence-electron chi connectivity index (χ4n) is 2.40. The SMILES string of the molecule is Br.CCN(CC)Cc1cc([N+](=O)[O-])cc2c1CC(=O)C(=O)N2. The number of amides is 1. The van der Waals surface area contributed by atoms with E-state index in [0.717, 1.165) is 18.7 Å². The number of hydrogen-bond acceptors (Lipinski definition) is 5. The lowest BCUT2D eigenvalue weighted by molar-refractivity contribution is -0.384. The average Bonchev–Trinajstić information content (AvgIpc) is 2.45. The van der Waals surface area contributed by atoms with Crippen LogP contribution in [0.25, 0.3) is 0 Å². The Balaban J connectivity index is 0.00000242. The molecule has 120 valence electrons. The van der Waals surface area contributed by atoms with E-state index in [2.05, 4.69) is 10.2 Å². The van der Waals surface area contributed by atoms with Gasteiger partial charge in [-0.3, -0.25) is 24.6 Å². The number of nitro benzene ring substituents is 1. The monoisotopic (exact) mass is 371 g/mol. The highest BCUT2D eigenvalue weighted by Gasteiger charge is 2.28. The van der Waals surface area contributed by atoms with Gasteiger partial charge in [-0.2, -0.15) is 0 Å². The smallest absolute Gasteiger partial charge is 0.292 e. The van der Waals surface area contributed by atoms with Gasteiger partial charge in [0.15, 0.2) is 0 Å². The molecular weight excluding hydrogens is 354 g/mol. The molecule has 0 bridgehead atoms. The summed E-state index contributed by atoms with van der Waals surface area (Å²) in [6, 6.07) is 2.80. The first-order valence-corrected chi connectivity index (χ1v) is 6.83. The molecule has 1 aliphatic rings. The maximum absolute atomic E-state index is 11.6. The van der Waals surface area contributed by atoms with Crippen LogP contribution in [0.5, 0.6) is 0 Å². The molecule has 1 aromatic carbocycles. The number of non-ortho nitro benzene ring substituents is 1. The Morgan fingerprint density at radius 1 is 1.27 bits per heavy atom. The molecule has 0 atom stereocenters. The molecular formula is C14H18BrN3O4. The number of anilines is 1. The van der Waals surface area contributed by atoms with E-state index in [1.54, 1.807) is 0 Å². The molecule has 0 aromatic heterocycles. The van der Waals surface area contributed by atoms with Gasteiger partial charge in [0.05, 0.1) is 10.6 Å². The molecule has 1 heterocycles. The zero-order chi connectivity index (χ0) is 15.6. The number of Topliss-reactive ketones (excluding diaryl/α,β-unsaturated/α-hetero) is 1. The maximum Gasteiger partial charge on any atom is 0.292 e. The molecule has 0 aliphatic carbocycles. The summed E-state index contributed by atoms with van der Waals surface area (Å²) in [5.41, 5.74) is 1.69. The molecule has 8 heteroatoms. The minimum absolute atomic E-state index is 0. The van der Waals surface area contributed by atoms with Crippen LogP contribution < -0.4 is 5.32 Å². The van der Waals surface area contributed by atoms with E-state index in [1.807, 2.05) is 13.8 Å². The molecule has 0 radical (unpaired) electrons. The number of fused-ring (bicyclic) bond motifs is 1. The molecule has 1 N–H and O–H groups in total. The summed E-state index contributed by atoms with van der Waals surface area (Å²) >= 11 is 0. The second-order valence-corrected chi connectivity index (χ2v) is 4.90. The third kappa shape index (κ3) is 3.69. The van der Waals surface area contributed by atoms with Crippen molar-refractivity contribution in [2.75, 3.05) is 18.4 Å². The molecule has 1 aliphatic heterocycles. The second-order valence-electron chi connectivity index (χ2n) is 4.90. The van der Waals surface area contributed by atoms with Crippen LogP contribution in [0.1, 0.15) is 25.0 Å². The summed E-state index contributed by atoms with van der Waals surface area (Å²) in [5, 5.41) is 13.5. The Hall–Kier alpha value is -1.80. The average molecular weight is 372 g/mol. The lowest BCUT2D eigenvalue weighted by atomic mass is 9.95. The standard InChI is InChI=1S/C14H17N3O4.BrH/c1-3-16(4-2)8-9-5-10(17(20)21)6-12-11(9)7-13(18)14(19)15-12;/h5-6H,3-4,7-8H2,1-2H3,(H,15,19);1H. The van der Waals surface area contributed by atoms with Gasteiger partial charge in [0.2, 0.25) is 5.78 Å². The fraction of sp³-hybridized carbons (Fsp3) is 0.429. The predicted molar refractivity (Wildman–Crippen MR) is 87.4 cm³/mol. The van der Waals surface area contributed by atoms with Crippen molar-refractivity contribution in [2.45, 2.75) is 26.8 Å². The first-order valence-electron chi connectivity index (χ1n) is 6.83. The third-order valence-corrected chi connectivity index (χ3v) is 3.67. The van der Waals surface area contributed by atoms with Crippen LogP contribution in [0.15, 0.2) is 12.1 Å². The topological polar surface area (TPSA) is 92.5 Å². The molecule has 0 saturated heterocycles. The number of carbonyl (C=O) groups is 2. The van der Waals surface area contributed by atoms with Crippen LogP contribution >= 0.6 is 17.0 Å². The number of nitrogens with zero attached hydrogens (tertiary/aromatic N) is 2. The number of carbonyl (C=O) groups excluding carboxylic acids is 2. The number of nitro groups is 1. The number of halogens is 1. The maximum atomic E-state index is 11.6. The van der Waals surface area contributed by atoms with Gasteiger partial charge in [-0.25, -0.2) is 0 Å². The van der Waals surface area contributed by atoms with E-state index < -0.39 is 16.6 Å². The van der Waals surface area contributed by atoms with Crippen LogP contribution in [0, 0.1) is 10.1 Å². The molecule has 22 heavy (non-hydrogen) atoms. The van der Waals surface area contributed by atoms with Crippen LogP contribution in [-0.2, 0) is 22.6 Å². The van der Waals surface area contributed by atoms with Crippen LogP contribution in [0.3, 0.4) is 0 Å². The van der Waals surface area contributed by atoms with Crippen molar-refractivity contribution in [1.82, 2.24) is 4.90 Å². The van der Waals surface area contributed by atoms with Crippen molar-refractivity contribution in [3.8, 4) is 0 Å². The highest BCUT2D eigenvalue weighted by molar-refractivity contribution is 8.93. The van der Waals surface area contributed by atoms with Crippen molar-refractivity contribution in [3.05, 3.63) is 33.4 Å². The van der Waals surface area contributed by atoms with E-state index in [-0.39, 0.29) is 29.1 Å². The van der Waals surface area contributed by atoms with Crippen LogP contribution in [0.4, 0.5) is 11.4 Å². The Morgan fingerprint density at radius 3 is 2.45 bits per heavy atom. The van der Waals surface area contributed by atoms with Crippen molar-refractivity contribution in [2.24, 2.45) is 0 Å². The van der Waals surface area contributed by atoms with Crippen molar-refractivity contribution >= 4 is 40.0 Å². The van der Waals surface area contributed by atoms with Gasteiger partial charge in [-0.15, -0.1) is 17.0 Å². The molecule has 0 saturated carbocycles. The zero-order valence-electron chi connectivity index (χ0n) is 12.4. The van der Waals surface area contributed by atoms with Gasteiger partial charge >= 0.3 is 0 Å². The molecule has 7 nitrogen and oxygen atoms in total. The molecule has 1 aromatic rings. The first kappa shape index (κ1) is 18.2. The number of hydrogen-bond donors (Lipinski definition) is 1. The summed E-state index contributed by atoms with van der Waals surface area (Å²) in [6.07, 6.45) is -0.00420. The van der Waals surface area contributed by atoms with E-state index >= 15 is 0 Å². The number of ketones is 1. The summed E-state index contributed by atoms with van der Waals surface area (Å²) in [7, 11) is 0. The Bertz CT molecular complexity index is 614. The zero-order valence-corrected chi connectivity index (χ0v) is 14.1. The van der Waals surface area contributed by atoms with Gasteiger partial charge in [-0.05, 0) is 24.2 Å². The predicted octanol–water partition coefficient (Wildman–Crippen LogP) is 2.08. The highest BCUT2D eigenvalue weighted by atomic mass is 79.9. The lowest BCUT2D eigenvalue weighted by Crippen LogP contribution is -2.31. The van der Waals surface area contributed by atoms with Crippen molar-refractivity contribution in [1.29, 1.82) is 0 Å². The number of rotatable bonds is 5. The molecule has 2 rings (SSSR count). The summed E-state index contributed by atoms with van der Waals surface area (Å²) in [6.45, 7) is 6.11. The minimum atomic E-state index is -0.711. The minimum Gasteiger partial charge on any atom is -0.319 e. The first-order chi connectivity index (χ1) is 9.96. The second kappa shape index (κ2) is 7.46. The largest absolute Gasteiger partial charge is 0.319 e. The highest BCUT2D eigenvalue weighted by Crippen LogP contribution is 2.31. The summed E-state index contributed by atoms with van der Waals surface area (Å²) < 4.78 is 0. The number of benzene rings is 1. The van der Waals surface area contributed by atoms with Crippen molar-refractivity contribution < 1.29 is 14.5 Å². The Labute approximate surface area is 138 Å². The molecule has 0 unspecified atom stereocenters. The third-order valence-electron chi connectivity index (χ3n) is 3.67. The lowest BCUT2D eigenvalue weighted by Gasteiger charge is -2.23. The quantitative estimate of drug-likeness (QED) is 0.485. The van der Waals surface area contributed by atoms with Gasteiger partial charge in [0, 0.05) is 25.1 Å². The Kier molecular flexibility index (Phi) is 6.19. The van der Waals surface area contributed by atoms with E-state index in [4.69, 9.17) is 0 Å². The Morgan fingerprint density at radius 2 is 1.91 bits per heavy atom. The van der Waals surface area contributed by atoms with Gasteiger partial charge in [-0.1, -0.05) is 13.8 Å². The van der Waals surface area contributed by atoms with E-state index in [1.165, 1.54) is 12.1 Å². The fourth-order valence-corrected chi connectivity index (χ4v) is 2.40. The summed E-state index contributed by atoms with van der Waals surface area (Å²) in [4.78, 5) is 35.7. The van der Waals surface area contributed by atoms with Gasteiger partial charge < -0.3 is 5.32 Å². The summed E-state index contributed by atoms with van der Waals surface area (Å²) in [5.74, 6) is -1.23. The van der Waals surface area contributed by atoms with Gasteiger partial charge in [0.1, 0.15) is 0 Å². The molecule has 0 spiro atoms. The number of nitrogens with one attached hydrogen (secondary N) is 1. The normalized spacial score (nSPS) is 13.4. The van der Waals surface area contributed by atoms with Crippen molar-refractivity contribution in [3.63, 3.8) is 0 Å². The molecule has 0 fully saturated rings. The van der Waals surface area contributed by atoms with E-state index in [0.29, 0.717) is 17.8 Å². The van der Waals surface area contributed by atoms with Gasteiger partial charge in [0.25, 0.3) is 11.6 Å².